The zero-order chi connectivity index (χ0) is 22.3. The van der Waals surface area contributed by atoms with Crippen molar-refractivity contribution in [2.45, 2.75) is 18.9 Å². The monoisotopic (exact) mass is 450 g/mol. The number of ether oxygens (including phenoxy) is 3. The minimum Gasteiger partial charge on any atom is -0.494 e. The number of aromatic nitrogens is 3. The van der Waals surface area contributed by atoms with Crippen LogP contribution in [0.5, 0.6) is 11.5 Å². The number of hydrogen-bond acceptors (Lipinski definition) is 7. The molecule has 0 radical (unpaired) electrons. The first kappa shape index (κ1) is 21.5. The highest BCUT2D eigenvalue weighted by Gasteiger charge is 2.35. The molecule has 0 amide bonds. The summed E-state index contributed by atoms with van der Waals surface area (Å²) in [5.41, 5.74) is -0.414. The van der Waals surface area contributed by atoms with Crippen LogP contribution in [0.3, 0.4) is 0 Å². The summed E-state index contributed by atoms with van der Waals surface area (Å²) in [6.07, 6.45) is 2.21. The summed E-state index contributed by atoms with van der Waals surface area (Å²) in [5.74, 6) is -1.86. The topological polar surface area (TPSA) is 69.6 Å². The molecule has 0 aliphatic carbocycles. The maximum Gasteiger partial charge on any atom is 0.179 e. The number of nitrogens with zero attached hydrogens (tertiary/aromatic N) is 4. The van der Waals surface area contributed by atoms with Crippen LogP contribution in [0.15, 0.2) is 18.3 Å². The molecule has 1 saturated heterocycles. The van der Waals surface area contributed by atoms with Gasteiger partial charge >= 0.3 is 0 Å². The van der Waals surface area contributed by atoms with Gasteiger partial charge in [0.15, 0.2) is 29.0 Å². The fraction of sp³-hybridized carbons (Fsp3) is 0.381. The molecule has 3 heterocycles. The van der Waals surface area contributed by atoms with E-state index in [0.29, 0.717) is 29.8 Å². The molecule has 1 aromatic carbocycles. The van der Waals surface area contributed by atoms with Crippen LogP contribution in [0.4, 0.5) is 14.6 Å². The average Bonchev–Trinajstić information content (AvgIpc) is 3.16. The van der Waals surface area contributed by atoms with Gasteiger partial charge in [-0.1, -0.05) is 11.6 Å². The van der Waals surface area contributed by atoms with Crippen molar-refractivity contribution >= 4 is 28.3 Å². The Hall–Kier alpha value is -2.78. The molecule has 1 unspecified atom stereocenters. The summed E-state index contributed by atoms with van der Waals surface area (Å²) in [6, 6.07) is 2.78. The first-order valence-electron chi connectivity index (χ1n) is 9.54. The lowest BCUT2D eigenvalue weighted by atomic mass is 10.1. The molecule has 0 N–H and O–H groups in total. The van der Waals surface area contributed by atoms with E-state index >= 15 is 8.78 Å². The molecule has 0 bridgehead atoms. The molecule has 1 fully saturated rings. The predicted octanol–water partition coefficient (Wildman–Crippen LogP) is 4.26. The molecule has 0 saturated carbocycles. The molecule has 164 valence electrons. The molecule has 3 aromatic rings. The van der Waals surface area contributed by atoms with Crippen LogP contribution in [-0.4, -0.2) is 55.0 Å². The van der Waals surface area contributed by atoms with Crippen molar-refractivity contribution in [2.75, 3.05) is 39.3 Å². The van der Waals surface area contributed by atoms with Gasteiger partial charge in [-0.15, -0.1) is 0 Å². The van der Waals surface area contributed by atoms with E-state index in [0.717, 1.165) is 12.5 Å². The number of halogens is 3. The van der Waals surface area contributed by atoms with Crippen LogP contribution in [0.25, 0.3) is 22.3 Å². The van der Waals surface area contributed by atoms with E-state index in [1.807, 2.05) is 11.8 Å². The van der Waals surface area contributed by atoms with E-state index in [1.54, 1.807) is 13.2 Å². The number of anilines is 1. The normalized spacial score (nSPS) is 18.6. The van der Waals surface area contributed by atoms with Crippen LogP contribution < -0.4 is 14.4 Å². The molecule has 1 atom stereocenters. The van der Waals surface area contributed by atoms with E-state index in [1.165, 1.54) is 20.4 Å². The average molecular weight is 451 g/mol. The lowest BCUT2D eigenvalue weighted by Crippen LogP contribution is -2.32. The molecule has 1 aliphatic rings. The van der Waals surface area contributed by atoms with Crippen LogP contribution in [0, 0.1) is 11.6 Å². The lowest BCUT2D eigenvalue weighted by Gasteiger charge is -2.24. The number of benzene rings is 1. The molecule has 0 spiro atoms. The first-order valence-corrected chi connectivity index (χ1v) is 9.91. The Kier molecular flexibility index (Phi) is 5.57. The molecule has 31 heavy (non-hydrogen) atoms. The lowest BCUT2D eigenvalue weighted by molar-refractivity contribution is 0.0256. The van der Waals surface area contributed by atoms with E-state index in [4.69, 9.17) is 25.8 Å². The Labute approximate surface area is 182 Å². The Bertz CT molecular complexity index is 1140. The Morgan fingerprint density at radius 3 is 2.32 bits per heavy atom. The maximum atomic E-state index is 15.1. The second kappa shape index (κ2) is 8.05. The zero-order valence-corrected chi connectivity index (χ0v) is 18.3. The summed E-state index contributed by atoms with van der Waals surface area (Å²) < 4.78 is 45.9. The highest BCUT2D eigenvalue weighted by Crippen LogP contribution is 2.39. The van der Waals surface area contributed by atoms with Gasteiger partial charge < -0.3 is 19.1 Å². The summed E-state index contributed by atoms with van der Waals surface area (Å²) in [6.45, 7) is 3.18. The second-order valence-corrected chi connectivity index (χ2v) is 7.89. The molecule has 4 rings (SSSR count). The van der Waals surface area contributed by atoms with Gasteiger partial charge in [0.05, 0.1) is 37.1 Å². The third-order valence-electron chi connectivity index (χ3n) is 5.55. The molecule has 7 nitrogen and oxygen atoms in total. The molecule has 2 aromatic heterocycles. The van der Waals surface area contributed by atoms with Gasteiger partial charge in [-0.25, -0.2) is 23.7 Å². The standard InChI is InChI=1S/C21H21ClF2N4O3/c1-21(31-4)5-6-28(10-21)20-11-7-15(22)25-9-12(11)26-19(27-20)16-17(23)13(29-2)8-14(30-3)18(16)24/h7-9H,5-6,10H2,1-4H3. The van der Waals surface area contributed by atoms with Gasteiger partial charge in [0.1, 0.15) is 11.0 Å². The molecular formula is C21H21ClF2N4O3. The summed E-state index contributed by atoms with van der Waals surface area (Å²) in [5, 5.41) is 0.888. The number of rotatable bonds is 5. The van der Waals surface area contributed by atoms with Crippen molar-refractivity contribution < 1.29 is 23.0 Å². The van der Waals surface area contributed by atoms with Gasteiger partial charge in [-0.3, -0.25) is 0 Å². The molecule has 1 aliphatic heterocycles. The third-order valence-corrected chi connectivity index (χ3v) is 5.76. The first-order chi connectivity index (χ1) is 14.8. The highest BCUT2D eigenvalue weighted by molar-refractivity contribution is 6.30. The summed E-state index contributed by atoms with van der Waals surface area (Å²) >= 11 is 6.10. The van der Waals surface area contributed by atoms with Crippen molar-refractivity contribution in [1.29, 1.82) is 0 Å². The minimum atomic E-state index is -0.920. The quantitative estimate of drug-likeness (QED) is 0.538. The Morgan fingerprint density at radius 2 is 1.74 bits per heavy atom. The van der Waals surface area contributed by atoms with Gasteiger partial charge in [0, 0.05) is 31.7 Å². The number of fused-ring (bicyclic) bond motifs is 1. The summed E-state index contributed by atoms with van der Waals surface area (Å²) in [7, 11) is 4.23. The number of pyridine rings is 1. The van der Waals surface area contributed by atoms with Gasteiger partial charge in [-0.05, 0) is 19.4 Å². The second-order valence-electron chi connectivity index (χ2n) is 7.50. The smallest absolute Gasteiger partial charge is 0.179 e. The SMILES string of the molecule is COc1cc(OC)c(F)c(-c2nc(N3CCC(C)(OC)C3)c3cc(Cl)ncc3n2)c1F. The van der Waals surface area contributed by atoms with E-state index in [2.05, 4.69) is 15.0 Å². The fourth-order valence-corrected chi connectivity index (χ4v) is 3.86. The van der Waals surface area contributed by atoms with Crippen LogP contribution in [-0.2, 0) is 4.74 Å². The maximum absolute atomic E-state index is 15.1. The van der Waals surface area contributed by atoms with Crippen molar-refractivity contribution in [2.24, 2.45) is 0 Å². The minimum absolute atomic E-state index is 0.148. The summed E-state index contributed by atoms with van der Waals surface area (Å²) in [4.78, 5) is 15.0. The van der Waals surface area contributed by atoms with Crippen molar-refractivity contribution in [3.8, 4) is 22.9 Å². The molecular weight excluding hydrogens is 430 g/mol. The van der Waals surface area contributed by atoms with E-state index in [9.17, 15) is 0 Å². The van der Waals surface area contributed by atoms with Crippen LogP contribution in [0.1, 0.15) is 13.3 Å². The van der Waals surface area contributed by atoms with Crippen LogP contribution in [0.2, 0.25) is 5.15 Å². The Morgan fingerprint density at radius 1 is 1.06 bits per heavy atom. The highest BCUT2D eigenvalue weighted by atomic mass is 35.5. The van der Waals surface area contributed by atoms with Crippen molar-refractivity contribution in [1.82, 2.24) is 15.0 Å². The van der Waals surface area contributed by atoms with Gasteiger partial charge in [0.25, 0.3) is 0 Å². The zero-order valence-electron chi connectivity index (χ0n) is 17.5. The van der Waals surface area contributed by atoms with Crippen molar-refractivity contribution in [3.63, 3.8) is 0 Å². The third kappa shape index (κ3) is 3.72. The van der Waals surface area contributed by atoms with Gasteiger partial charge in [0.2, 0.25) is 0 Å². The number of methoxy groups -OCH3 is 3. The number of hydrogen-bond donors (Lipinski definition) is 0. The van der Waals surface area contributed by atoms with E-state index in [-0.39, 0.29) is 28.1 Å². The van der Waals surface area contributed by atoms with Crippen LogP contribution >= 0.6 is 11.6 Å². The fourth-order valence-electron chi connectivity index (χ4n) is 3.71. The largest absolute Gasteiger partial charge is 0.494 e. The Balaban J connectivity index is 1.97. The van der Waals surface area contributed by atoms with E-state index < -0.39 is 17.2 Å². The van der Waals surface area contributed by atoms with Crippen molar-refractivity contribution in [3.05, 3.63) is 35.1 Å². The molecule has 10 heteroatoms. The van der Waals surface area contributed by atoms with Gasteiger partial charge in [-0.2, -0.15) is 0 Å². The predicted molar refractivity (Wildman–Crippen MR) is 113 cm³/mol.